The molecule has 3 aromatic heterocycles. The molecule has 0 unspecified atom stereocenters. The summed E-state index contributed by atoms with van der Waals surface area (Å²) in [4.78, 5) is 28.1. The number of aryl methyl sites for hydroxylation is 1. The van der Waals surface area contributed by atoms with Gasteiger partial charge in [0.25, 0.3) is 5.56 Å². The first-order valence-electron chi connectivity index (χ1n) is 8.29. The SMILES string of the molecule is Cc1nn(CC(=O)N2CCC(C)CC2)c(=O)c2cc3ccsc3n12. The number of carbonyl (C=O) groups excluding carboxylic acids is 1. The van der Waals surface area contributed by atoms with Gasteiger partial charge in [-0.15, -0.1) is 11.3 Å². The number of piperidine rings is 1. The van der Waals surface area contributed by atoms with E-state index in [0.29, 0.717) is 11.4 Å². The monoisotopic (exact) mass is 344 g/mol. The van der Waals surface area contributed by atoms with Crippen molar-refractivity contribution in [3.63, 3.8) is 0 Å². The molecule has 3 aromatic rings. The van der Waals surface area contributed by atoms with Crippen LogP contribution in [0.4, 0.5) is 0 Å². The van der Waals surface area contributed by atoms with E-state index in [1.165, 1.54) is 4.68 Å². The number of likely N-dealkylation sites (tertiary alicyclic amines) is 1. The number of hydrogen-bond acceptors (Lipinski definition) is 4. The second kappa shape index (κ2) is 5.73. The first-order valence-corrected chi connectivity index (χ1v) is 9.16. The highest BCUT2D eigenvalue weighted by Gasteiger charge is 2.22. The number of thiophene rings is 1. The molecule has 4 rings (SSSR count). The first-order chi connectivity index (χ1) is 11.5. The average molecular weight is 344 g/mol. The summed E-state index contributed by atoms with van der Waals surface area (Å²) in [6.45, 7) is 5.65. The Morgan fingerprint density at radius 1 is 1.38 bits per heavy atom. The van der Waals surface area contributed by atoms with Crippen molar-refractivity contribution >= 4 is 33.0 Å². The number of fused-ring (bicyclic) bond motifs is 3. The first kappa shape index (κ1) is 15.4. The van der Waals surface area contributed by atoms with Crippen LogP contribution in [0.5, 0.6) is 0 Å². The lowest BCUT2D eigenvalue weighted by Crippen LogP contribution is -2.42. The molecule has 126 valence electrons. The van der Waals surface area contributed by atoms with Crippen LogP contribution in [0.2, 0.25) is 0 Å². The van der Waals surface area contributed by atoms with Gasteiger partial charge in [-0.05, 0) is 43.2 Å². The van der Waals surface area contributed by atoms with E-state index in [2.05, 4.69) is 12.0 Å². The zero-order valence-electron chi connectivity index (χ0n) is 13.9. The molecule has 0 aliphatic carbocycles. The maximum Gasteiger partial charge on any atom is 0.291 e. The Morgan fingerprint density at radius 2 is 2.12 bits per heavy atom. The smallest absolute Gasteiger partial charge is 0.291 e. The number of carbonyl (C=O) groups is 1. The number of nitrogens with zero attached hydrogens (tertiary/aromatic N) is 4. The molecule has 6 nitrogen and oxygen atoms in total. The third-order valence-corrected chi connectivity index (χ3v) is 5.79. The summed E-state index contributed by atoms with van der Waals surface area (Å²) < 4.78 is 3.19. The van der Waals surface area contributed by atoms with E-state index in [-0.39, 0.29) is 18.0 Å². The summed E-state index contributed by atoms with van der Waals surface area (Å²) in [5.74, 6) is 1.37. The van der Waals surface area contributed by atoms with Gasteiger partial charge in [0.15, 0.2) is 0 Å². The Balaban J connectivity index is 1.68. The van der Waals surface area contributed by atoms with Gasteiger partial charge in [-0.1, -0.05) is 6.92 Å². The average Bonchev–Trinajstić information content (AvgIpc) is 3.13. The fraction of sp³-hybridized carbons (Fsp3) is 0.471. The number of rotatable bonds is 2. The molecule has 0 spiro atoms. The van der Waals surface area contributed by atoms with Gasteiger partial charge in [0.2, 0.25) is 5.91 Å². The van der Waals surface area contributed by atoms with Crippen LogP contribution in [0.1, 0.15) is 25.6 Å². The lowest BCUT2D eigenvalue weighted by Gasteiger charge is -2.30. The maximum absolute atomic E-state index is 12.7. The van der Waals surface area contributed by atoms with Crippen LogP contribution in [0.15, 0.2) is 22.3 Å². The highest BCUT2D eigenvalue weighted by molar-refractivity contribution is 7.16. The molecule has 1 aliphatic heterocycles. The van der Waals surface area contributed by atoms with Gasteiger partial charge >= 0.3 is 0 Å². The minimum Gasteiger partial charge on any atom is -0.341 e. The Morgan fingerprint density at radius 3 is 2.88 bits per heavy atom. The van der Waals surface area contributed by atoms with E-state index >= 15 is 0 Å². The maximum atomic E-state index is 12.7. The molecule has 1 amide bonds. The highest BCUT2D eigenvalue weighted by Crippen LogP contribution is 2.24. The van der Waals surface area contributed by atoms with Crippen molar-refractivity contribution in [3.05, 3.63) is 33.7 Å². The predicted octanol–water partition coefficient (Wildman–Crippen LogP) is 2.28. The van der Waals surface area contributed by atoms with E-state index in [9.17, 15) is 9.59 Å². The van der Waals surface area contributed by atoms with Gasteiger partial charge < -0.3 is 4.90 Å². The minimum atomic E-state index is -0.206. The van der Waals surface area contributed by atoms with E-state index in [1.807, 2.05) is 33.7 Å². The van der Waals surface area contributed by atoms with Crippen molar-refractivity contribution in [3.8, 4) is 0 Å². The van der Waals surface area contributed by atoms with Gasteiger partial charge in [0, 0.05) is 18.5 Å². The van der Waals surface area contributed by atoms with Crippen molar-refractivity contribution in [1.29, 1.82) is 0 Å². The Bertz CT molecular complexity index is 976. The van der Waals surface area contributed by atoms with Crippen LogP contribution in [0, 0.1) is 12.8 Å². The van der Waals surface area contributed by atoms with Crippen LogP contribution in [-0.4, -0.2) is 38.1 Å². The van der Waals surface area contributed by atoms with Gasteiger partial charge in [-0.2, -0.15) is 5.10 Å². The van der Waals surface area contributed by atoms with Crippen LogP contribution in [0.25, 0.3) is 15.7 Å². The summed E-state index contributed by atoms with van der Waals surface area (Å²) in [6.07, 6.45) is 2.06. The molecule has 24 heavy (non-hydrogen) atoms. The summed E-state index contributed by atoms with van der Waals surface area (Å²) in [6, 6.07) is 3.88. The molecule has 1 aliphatic rings. The van der Waals surface area contributed by atoms with Gasteiger partial charge in [0.05, 0.1) is 0 Å². The minimum absolute atomic E-state index is 0.0172. The summed E-state index contributed by atoms with van der Waals surface area (Å²) >= 11 is 1.59. The molecule has 0 bridgehead atoms. The van der Waals surface area contributed by atoms with Crippen LogP contribution >= 0.6 is 11.3 Å². The second-order valence-electron chi connectivity index (χ2n) is 6.62. The third-order valence-electron chi connectivity index (χ3n) is 4.87. The Hall–Kier alpha value is -2.15. The Labute approximate surface area is 143 Å². The molecular formula is C17H20N4O2S. The molecule has 0 N–H and O–H groups in total. The summed E-state index contributed by atoms with van der Waals surface area (Å²) in [5.41, 5.74) is 0.382. The van der Waals surface area contributed by atoms with Crippen LogP contribution in [-0.2, 0) is 11.3 Å². The lowest BCUT2D eigenvalue weighted by molar-refractivity contribution is -0.133. The molecule has 4 heterocycles. The standard InChI is InChI=1S/C17H20N4O2S/c1-11-3-6-19(7-4-11)15(22)10-20-16(23)14-9-13-5-8-24-17(13)21(14)12(2)18-20/h5,8-9,11H,3-4,6-7,10H2,1-2H3. The number of aromatic nitrogens is 3. The lowest BCUT2D eigenvalue weighted by atomic mass is 9.99. The molecule has 1 saturated heterocycles. The fourth-order valence-electron chi connectivity index (χ4n) is 3.39. The van der Waals surface area contributed by atoms with Crippen molar-refractivity contribution < 1.29 is 4.79 Å². The zero-order valence-corrected chi connectivity index (χ0v) is 14.7. The molecule has 7 heteroatoms. The highest BCUT2D eigenvalue weighted by atomic mass is 32.1. The van der Waals surface area contributed by atoms with Crippen LogP contribution in [0.3, 0.4) is 0 Å². The topological polar surface area (TPSA) is 59.6 Å². The molecule has 0 atom stereocenters. The van der Waals surface area contributed by atoms with Gasteiger partial charge in [0.1, 0.15) is 22.7 Å². The van der Waals surface area contributed by atoms with Gasteiger partial charge in [-0.25, -0.2) is 4.68 Å². The Kier molecular flexibility index (Phi) is 3.68. The van der Waals surface area contributed by atoms with Crippen molar-refractivity contribution in [1.82, 2.24) is 19.1 Å². The van der Waals surface area contributed by atoms with E-state index < -0.39 is 0 Å². The summed E-state index contributed by atoms with van der Waals surface area (Å²) in [7, 11) is 0. The molecule has 0 aromatic carbocycles. The molecular weight excluding hydrogens is 324 g/mol. The number of amides is 1. The largest absolute Gasteiger partial charge is 0.341 e. The van der Waals surface area contributed by atoms with Crippen molar-refractivity contribution in [2.75, 3.05) is 13.1 Å². The van der Waals surface area contributed by atoms with E-state index in [0.717, 1.165) is 42.0 Å². The quantitative estimate of drug-likeness (QED) is 0.716. The number of hydrogen-bond donors (Lipinski definition) is 0. The van der Waals surface area contributed by atoms with Gasteiger partial charge in [-0.3, -0.25) is 14.0 Å². The predicted molar refractivity (Wildman–Crippen MR) is 94.6 cm³/mol. The fourth-order valence-corrected chi connectivity index (χ4v) is 4.34. The third kappa shape index (κ3) is 2.43. The summed E-state index contributed by atoms with van der Waals surface area (Å²) in [5, 5.41) is 7.42. The van der Waals surface area contributed by atoms with Crippen molar-refractivity contribution in [2.24, 2.45) is 5.92 Å². The zero-order chi connectivity index (χ0) is 16.8. The van der Waals surface area contributed by atoms with Crippen molar-refractivity contribution in [2.45, 2.75) is 33.2 Å². The van der Waals surface area contributed by atoms with Crippen LogP contribution < -0.4 is 5.56 Å². The second-order valence-corrected chi connectivity index (χ2v) is 7.51. The van der Waals surface area contributed by atoms with E-state index in [1.54, 1.807) is 11.3 Å². The molecule has 0 saturated carbocycles. The van der Waals surface area contributed by atoms with E-state index in [4.69, 9.17) is 0 Å². The molecule has 0 radical (unpaired) electrons. The molecule has 1 fully saturated rings. The normalized spacial score (nSPS) is 16.3.